The van der Waals surface area contributed by atoms with Crippen molar-refractivity contribution < 1.29 is 9.90 Å². The fourth-order valence-electron chi connectivity index (χ4n) is 2.13. The Morgan fingerprint density at radius 3 is 2.80 bits per heavy atom. The number of aromatic nitrogens is 2. The molecule has 3 rings (SSSR count). The molecule has 0 unspecified atom stereocenters. The molecule has 2 aromatic carbocycles. The molecule has 0 aliphatic heterocycles. The Morgan fingerprint density at radius 1 is 1.25 bits per heavy atom. The van der Waals surface area contributed by atoms with Crippen LogP contribution < -0.4 is 0 Å². The van der Waals surface area contributed by atoms with E-state index in [1.165, 1.54) is 0 Å². The van der Waals surface area contributed by atoms with Gasteiger partial charge in [0, 0.05) is 4.47 Å². The molecule has 0 amide bonds. The summed E-state index contributed by atoms with van der Waals surface area (Å²) in [6, 6.07) is 13.0. The first-order valence-corrected chi connectivity index (χ1v) is 6.86. The lowest BCUT2D eigenvalue weighted by atomic mass is 10.1. The largest absolute Gasteiger partial charge is 0.478 e. The fraction of sp³-hybridized carbons (Fsp3) is 0.0667. The molecule has 1 aromatic heterocycles. The molecule has 100 valence electrons. The van der Waals surface area contributed by atoms with Gasteiger partial charge in [0.25, 0.3) is 0 Å². The minimum absolute atomic E-state index is 0.274. The summed E-state index contributed by atoms with van der Waals surface area (Å²) in [5, 5.41) is 8.96. The van der Waals surface area contributed by atoms with E-state index in [2.05, 4.69) is 20.9 Å². The molecule has 0 aliphatic carbocycles. The first-order valence-electron chi connectivity index (χ1n) is 6.07. The number of para-hydroxylation sites is 2. The second kappa shape index (κ2) is 5.09. The molecule has 0 fully saturated rings. The Kier molecular flexibility index (Phi) is 3.28. The monoisotopic (exact) mass is 330 g/mol. The van der Waals surface area contributed by atoms with Gasteiger partial charge >= 0.3 is 5.97 Å². The van der Waals surface area contributed by atoms with Crippen molar-refractivity contribution in [2.24, 2.45) is 0 Å². The maximum absolute atomic E-state index is 10.9. The second-order valence-corrected chi connectivity index (χ2v) is 5.33. The standard InChI is InChI=1S/C15H11BrN2O2/c16-12-7-10(15(19)20)5-6-11(12)8-18-9-17-13-3-1-2-4-14(13)18/h1-7,9H,8H2,(H,19,20). The number of halogens is 1. The Bertz CT molecular complexity index is 795. The highest BCUT2D eigenvalue weighted by Gasteiger charge is 2.08. The SMILES string of the molecule is O=C(O)c1ccc(Cn2cnc3ccccc32)c(Br)c1. The van der Waals surface area contributed by atoms with Crippen LogP contribution in [0.3, 0.4) is 0 Å². The highest BCUT2D eigenvalue weighted by Crippen LogP contribution is 2.21. The number of carboxylic acids is 1. The summed E-state index contributed by atoms with van der Waals surface area (Å²) in [5.41, 5.74) is 3.29. The van der Waals surface area contributed by atoms with Crippen LogP contribution in [0.1, 0.15) is 15.9 Å². The molecule has 0 radical (unpaired) electrons. The molecular weight excluding hydrogens is 320 g/mol. The number of carboxylic acid groups (broad SMARTS) is 1. The summed E-state index contributed by atoms with van der Waals surface area (Å²) < 4.78 is 2.82. The van der Waals surface area contributed by atoms with Crippen LogP contribution in [0.25, 0.3) is 11.0 Å². The number of fused-ring (bicyclic) bond motifs is 1. The summed E-state index contributed by atoms with van der Waals surface area (Å²) >= 11 is 3.43. The van der Waals surface area contributed by atoms with Gasteiger partial charge in [0.1, 0.15) is 0 Å². The number of carbonyl (C=O) groups is 1. The molecule has 1 N–H and O–H groups in total. The van der Waals surface area contributed by atoms with Crippen molar-refractivity contribution in [2.75, 3.05) is 0 Å². The summed E-state index contributed by atoms with van der Waals surface area (Å²) in [6.45, 7) is 0.640. The maximum Gasteiger partial charge on any atom is 0.335 e. The molecule has 0 spiro atoms. The lowest BCUT2D eigenvalue weighted by molar-refractivity contribution is 0.0697. The van der Waals surface area contributed by atoms with E-state index >= 15 is 0 Å². The van der Waals surface area contributed by atoms with Crippen LogP contribution >= 0.6 is 15.9 Å². The number of hydrogen-bond acceptors (Lipinski definition) is 2. The zero-order valence-electron chi connectivity index (χ0n) is 10.5. The van der Waals surface area contributed by atoms with E-state index in [1.54, 1.807) is 18.5 Å². The second-order valence-electron chi connectivity index (χ2n) is 4.47. The van der Waals surface area contributed by atoms with Crippen molar-refractivity contribution in [3.05, 3.63) is 64.4 Å². The van der Waals surface area contributed by atoms with E-state index in [1.807, 2.05) is 34.9 Å². The lowest BCUT2D eigenvalue weighted by Gasteiger charge is -2.07. The predicted octanol–water partition coefficient (Wildman–Crippen LogP) is 3.55. The molecular formula is C15H11BrN2O2. The summed E-state index contributed by atoms with van der Waals surface area (Å²) in [7, 11) is 0. The normalized spacial score (nSPS) is 10.8. The van der Waals surface area contributed by atoms with Gasteiger partial charge in [-0.05, 0) is 29.8 Å². The zero-order valence-corrected chi connectivity index (χ0v) is 12.0. The lowest BCUT2D eigenvalue weighted by Crippen LogP contribution is -2.01. The molecule has 4 nitrogen and oxygen atoms in total. The van der Waals surface area contributed by atoms with Gasteiger partial charge in [-0.1, -0.05) is 34.1 Å². The molecule has 3 aromatic rings. The number of aromatic carboxylic acids is 1. The van der Waals surface area contributed by atoms with E-state index < -0.39 is 5.97 Å². The third-order valence-corrected chi connectivity index (χ3v) is 3.91. The zero-order chi connectivity index (χ0) is 14.1. The van der Waals surface area contributed by atoms with E-state index in [0.29, 0.717) is 6.54 Å². The summed E-state index contributed by atoms with van der Waals surface area (Å²) in [5.74, 6) is -0.926. The van der Waals surface area contributed by atoms with Crippen LogP contribution in [0.5, 0.6) is 0 Å². The Morgan fingerprint density at radius 2 is 2.05 bits per heavy atom. The summed E-state index contributed by atoms with van der Waals surface area (Å²) in [6.07, 6.45) is 1.79. The van der Waals surface area contributed by atoms with E-state index in [0.717, 1.165) is 21.1 Å². The van der Waals surface area contributed by atoms with Gasteiger partial charge in [0.05, 0.1) is 29.5 Å². The predicted molar refractivity (Wildman–Crippen MR) is 79.9 cm³/mol. The minimum Gasteiger partial charge on any atom is -0.478 e. The Labute approximate surface area is 123 Å². The van der Waals surface area contributed by atoms with E-state index in [-0.39, 0.29) is 5.56 Å². The minimum atomic E-state index is -0.926. The number of nitrogens with zero attached hydrogens (tertiary/aromatic N) is 2. The van der Waals surface area contributed by atoms with Gasteiger partial charge in [0.2, 0.25) is 0 Å². The Balaban J connectivity index is 1.97. The van der Waals surface area contributed by atoms with Crippen molar-refractivity contribution in [1.29, 1.82) is 0 Å². The first-order chi connectivity index (χ1) is 9.65. The number of imidazole rings is 1. The van der Waals surface area contributed by atoms with Crippen LogP contribution in [-0.2, 0) is 6.54 Å². The fourth-order valence-corrected chi connectivity index (χ4v) is 2.63. The molecule has 1 heterocycles. The smallest absolute Gasteiger partial charge is 0.335 e. The molecule has 0 atom stereocenters. The van der Waals surface area contributed by atoms with Crippen molar-refractivity contribution >= 4 is 32.9 Å². The van der Waals surface area contributed by atoms with Gasteiger partial charge < -0.3 is 9.67 Å². The van der Waals surface area contributed by atoms with Gasteiger partial charge in [-0.3, -0.25) is 0 Å². The van der Waals surface area contributed by atoms with Crippen LogP contribution in [0.4, 0.5) is 0 Å². The van der Waals surface area contributed by atoms with Crippen molar-refractivity contribution in [2.45, 2.75) is 6.54 Å². The third kappa shape index (κ3) is 2.32. The third-order valence-electron chi connectivity index (χ3n) is 3.17. The van der Waals surface area contributed by atoms with E-state index in [9.17, 15) is 4.79 Å². The highest BCUT2D eigenvalue weighted by molar-refractivity contribution is 9.10. The average Bonchev–Trinajstić information content (AvgIpc) is 2.84. The van der Waals surface area contributed by atoms with Gasteiger partial charge in [-0.25, -0.2) is 9.78 Å². The molecule has 20 heavy (non-hydrogen) atoms. The van der Waals surface area contributed by atoms with Crippen molar-refractivity contribution in [1.82, 2.24) is 9.55 Å². The molecule has 0 bridgehead atoms. The van der Waals surface area contributed by atoms with Crippen LogP contribution in [0.2, 0.25) is 0 Å². The van der Waals surface area contributed by atoms with Crippen molar-refractivity contribution in [3.8, 4) is 0 Å². The summed E-state index contributed by atoms with van der Waals surface area (Å²) in [4.78, 5) is 15.3. The number of hydrogen-bond donors (Lipinski definition) is 1. The average molecular weight is 331 g/mol. The Hall–Kier alpha value is -2.14. The topological polar surface area (TPSA) is 55.1 Å². The molecule has 0 saturated heterocycles. The molecule has 5 heteroatoms. The van der Waals surface area contributed by atoms with Crippen LogP contribution in [0.15, 0.2) is 53.3 Å². The van der Waals surface area contributed by atoms with Crippen molar-refractivity contribution in [3.63, 3.8) is 0 Å². The maximum atomic E-state index is 10.9. The van der Waals surface area contributed by atoms with Crippen LogP contribution in [0, 0.1) is 0 Å². The van der Waals surface area contributed by atoms with E-state index in [4.69, 9.17) is 5.11 Å². The highest BCUT2D eigenvalue weighted by atomic mass is 79.9. The quantitative estimate of drug-likeness (QED) is 0.799. The molecule has 0 saturated carbocycles. The number of rotatable bonds is 3. The van der Waals surface area contributed by atoms with Gasteiger partial charge in [-0.15, -0.1) is 0 Å². The van der Waals surface area contributed by atoms with Crippen LogP contribution in [-0.4, -0.2) is 20.6 Å². The first kappa shape index (κ1) is 12.9. The number of benzene rings is 2. The van der Waals surface area contributed by atoms with Gasteiger partial charge in [-0.2, -0.15) is 0 Å². The molecule has 0 aliphatic rings. The van der Waals surface area contributed by atoms with Gasteiger partial charge in [0.15, 0.2) is 0 Å².